The summed E-state index contributed by atoms with van der Waals surface area (Å²) < 4.78 is 4.59. The summed E-state index contributed by atoms with van der Waals surface area (Å²) in [7, 11) is 0. The molecule has 0 amide bonds. The fraction of sp³-hybridized carbons (Fsp3) is 0.200. The van der Waals surface area contributed by atoms with E-state index >= 15 is 0 Å². The van der Waals surface area contributed by atoms with E-state index in [9.17, 15) is 4.79 Å². The van der Waals surface area contributed by atoms with Gasteiger partial charge in [-0.15, -0.1) is 0 Å². The Kier molecular flexibility index (Phi) is 1.69. The Morgan fingerprint density at radius 2 is 2.44 bits per heavy atom. The van der Waals surface area contributed by atoms with Gasteiger partial charge in [-0.05, 0) is 0 Å². The molecule has 0 saturated heterocycles. The van der Waals surface area contributed by atoms with Crippen LogP contribution in [0.15, 0.2) is 15.7 Å². The summed E-state index contributed by atoms with van der Waals surface area (Å²) >= 11 is 2.57. The summed E-state index contributed by atoms with van der Waals surface area (Å²) in [5.74, 6) is 0.0211. The van der Waals surface area contributed by atoms with E-state index < -0.39 is 0 Å². The number of cyclic esters (lactones) is 1. The number of rotatable bonds is 0. The second-order valence-electron chi connectivity index (χ2n) is 1.52. The molecule has 0 aliphatic carbocycles. The molecule has 47 valence electrons. The summed E-state index contributed by atoms with van der Waals surface area (Å²) in [6, 6.07) is 0. The standard InChI is InChI=1S/C5H4NO2Se/c1-3-6-4(2-9)5(7)8-3/h2H,1H3/b4-2+. The minimum atomic E-state index is -0.383. The molecule has 0 saturated carbocycles. The second-order valence-corrected chi connectivity index (χ2v) is 2.02. The average molecular weight is 189 g/mol. The Hall–Kier alpha value is -0.601. The summed E-state index contributed by atoms with van der Waals surface area (Å²) in [5, 5.41) is 0. The van der Waals surface area contributed by atoms with Crippen LogP contribution in [0.2, 0.25) is 0 Å². The third kappa shape index (κ3) is 1.20. The van der Waals surface area contributed by atoms with Gasteiger partial charge in [0.25, 0.3) is 0 Å². The van der Waals surface area contributed by atoms with Crippen molar-refractivity contribution in [1.29, 1.82) is 0 Å². The molecular weight excluding hydrogens is 185 g/mol. The van der Waals surface area contributed by atoms with Crippen molar-refractivity contribution in [3.8, 4) is 0 Å². The molecule has 0 aromatic heterocycles. The van der Waals surface area contributed by atoms with Crippen LogP contribution in [0.25, 0.3) is 0 Å². The van der Waals surface area contributed by atoms with Crippen molar-refractivity contribution in [3.63, 3.8) is 0 Å². The van der Waals surface area contributed by atoms with Crippen molar-refractivity contribution in [2.45, 2.75) is 6.92 Å². The summed E-state index contributed by atoms with van der Waals surface area (Å²) in [4.78, 5) is 15.9. The van der Waals surface area contributed by atoms with Crippen LogP contribution in [-0.2, 0) is 9.53 Å². The fourth-order valence-electron chi connectivity index (χ4n) is 0.499. The van der Waals surface area contributed by atoms with Gasteiger partial charge in [0.1, 0.15) is 0 Å². The maximum atomic E-state index is 10.6. The van der Waals surface area contributed by atoms with Gasteiger partial charge in [-0.1, -0.05) is 0 Å². The molecule has 1 aliphatic rings. The normalized spacial score (nSPS) is 22.1. The quantitative estimate of drug-likeness (QED) is 0.305. The summed E-state index contributed by atoms with van der Waals surface area (Å²) in [5.41, 5.74) is 0.340. The number of esters is 1. The Morgan fingerprint density at radius 1 is 1.78 bits per heavy atom. The van der Waals surface area contributed by atoms with Gasteiger partial charge in [-0.3, -0.25) is 0 Å². The molecule has 1 aliphatic heterocycles. The van der Waals surface area contributed by atoms with Crippen molar-refractivity contribution in [3.05, 3.63) is 10.7 Å². The molecule has 1 radical (unpaired) electrons. The third-order valence-corrected chi connectivity index (χ3v) is 1.31. The van der Waals surface area contributed by atoms with Crippen molar-refractivity contribution < 1.29 is 9.53 Å². The van der Waals surface area contributed by atoms with E-state index in [-0.39, 0.29) is 5.97 Å². The molecule has 0 aromatic carbocycles. The van der Waals surface area contributed by atoms with Crippen molar-refractivity contribution in [1.82, 2.24) is 0 Å². The molecule has 1 rings (SSSR count). The molecule has 0 atom stereocenters. The van der Waals surface area contributed by atoms with Crippen LogP contribution in [0.3, 0.4) is 0 Å². The predicted molar refractivity (Wildman–Crippen MR) is 33.0 cm³/mol. The zero-order valence-electron chi connectivity index (χ0n) is 4.75. The second kappa shape index (κ2) is 2.33. The third-order valence-electron chi connectivity index (χ3n) is 0.839. The molecule has 0 fully saturated rings. The molecule has 0 unspecified atom stereocenters. The van der Waals surface area contributed by atoms with Crippen LogP contribution < -0.4 is 0 Å². The van der Waals surface area contributed by atoms with Crippen molar-refractivity contribution in [2.24, 2.45) is 4.99 Å². The van der Waals surface area contributed by atoms with Gasteiger partial charge in [0.15, 0.2) is 0 Å². The molecule has 1 heterocycles. The number of ether oxygens (including phenoxy) is 1. The Bertz CT molecular complexity index is 207. The number of carbonyl (C=O) groups excluding carboxylic acids is 1. The summed E-state index contributed by atoms with van der Waals surface area (Å²) in [6.45, 7) is 1.63. The molecule has 3 nitrogen and oxygen atoms in total. The first-order chi connectivity index (χ1) is 4.24. The number of aliphatic imine (C=N–C) groups is 1. The van der Waals surface area contributed by atoms with Gasteiger partial charge in [0.05, 0.1) is 0 Å². The topological polar surface area (TPSA) is 38.7 Å². The van der Waals surface area contributed by atoms with E-state index in [2.05, 4.69) is 25.7 Å². The number of hydrogen-bond donors (Lipinski definition) is 0. The van der Waals surface area contributed by atoms with Crippen molar-refractivity contribution in [2.75, 3.05) is 0 Å². The summed E-state index contributed by atoms with van der Waals surface area (Å²) in [6.07, 6.45) is 0. The van der Waals surface area contributed by atoms with Crippen LogP contribution in [0.1, 0.15) is 6.92 Å². The zero-order chi connectivity index (χ0) is 6.85. The van der Waals surface area contributed by atoms with Crippen LogP contribution in [0.5, 0.6) is 0 Å². The monoisotopic (exact) mass is 190 g/mol. The first-order valence-corrected chi connectivity index (χ1v) is 3.32. The minimum absolute atomic E-state index is 0.340. The number of hydrogen-bond acceptors (Lipinski definition) is 3. The fourth-order valence-corrected chi connectivity index (χ4v) is 0.811. The number of carbonyl (C=O) groups is 1. The van der Waals surface area contributed by atoms with Gasteiger partial charge >= 0.3 is 60.0 Å². The maximum absolute atomic E-state index is 10.6. The first kappa shape index (κ1) is 6.52. The van der Waals surface area contributed by atoms with Crippen LogP contribution in [-0.4, -0.2) is 27.9 Å². The number of nitrogens with zero attached hydrogens (tertiary/aromatic N) is 1. The molecule has 4 heteroatoms. The Morgan fingerprint density at radius 3 is 2.67 bits per heavy atom. The average Bonchev–Trinajstić information content (AvgIpc) is 2.10. The van der Waals surface area contributed by atoms with Gasteiger partial charge in [0, 0.05) is 0 Å². The van der Waals surface area contributed by atoms with Gasteiger partial charge < -0.3 is 0 Å². The Balaban J connectivity index is 2.89. The van der Waals surface area contributed by atoms with E-state index in [1.807, 2.05) is 0 Å². The molecule has 0 aromatic rings. The SMILES string of the molecule is CC1=N/C(=C/[Se])C(=O)O1. The van der Waals surface area contributed by atoms with E-state index in [0.717, 1.165) is 0 Å². The first-order valence-electron chi connectivity index (χ1n) is 2.33. The zero-order valence-corrected chi connectivity index (χ0v) is 6.46. The molecule has 0 N–H and O–H groups in total. The Labute approximate surface area is 60.6 Å². The van der Waals surface area contributed by atoms with Crippen LogP contribution in [0.4, 0.5) is 0 Å². The van der Waals surface area contributed by atoms with Gasteiger partial charge in [-0.2, -0.15) is 0 Å². The molecule has 0 bridgehead atoms. The van der Waals surface area contributed by atoms with Gasteiger partial charge in [-0.25, -0.2) is 0 Å². The van der Waals surface area contributed by atoms with E-state index in [0.29, 0.717) is 11.6 Å². The predicted octanol–water partition coefficient (Wildman–Crippen LogP) is -0.0285. The van der Waals surface area contributed by atoms with Crippen LogP contribution >= 0.6 is 0 Å². The molecule has 9 heavy (non-hydrogen) atoms. The molecular formula is C5H4NO2Se. The molecule has 0 spiro atoms. The van der Waals surface area contributed by atoms with Crippen molar-refractivity contribution >= 4 is 27.9 Å². The van der Waals surface area contributed by atoms with Crippen LogP contribution in [0, 0.1) is 0 Å². The van der Waals surface area contributed by atoms with E-state index in [4.69, 9.17) is 0 Å². The van der Waals surface area contributed by atoms with E-state index in [1.165, 1.54) is 4.97 Å². The van der Waals surface area contributed by atoms with Gasteiger partial charge in [0.2, 0.25) is 0 Å². The van der Waals surface area contributed by atoms with E-state index in [1.54, 1.807) is 6.92 Å².